The third-order valence-electron chi connectivity index (χ3n) is 3.35. The second-order valence-electron chi connectivity index (χ2n) is 4.87. The molecule has 0 fully saturated rings. The summed E-state index contributed by atoms with van der Waals surface area (Å²) in [6.45, 7) is 2.08. The topological polar surface area (TPSA) is 72.7 Å². The maximum absolute atomic E-state index is 12.4. The summed E-state index contributed by atoms with van der Waals surface area (Å²) in [7, 11) is 0. The molecule has 0 aliphatic carbocycles. The van der Waals surface area contributed by atoms with Crippen LogP contribution in [0, 0.1) is 0 Å². The van der Waals surface area contributed by atoms with E-state index in [0.29, 0.717) is 11.5 Å². The molecule has 0 bridgehead atoms. The molecule has 0 unspecified atom stereocenters. The van der Waals surface area contributed by atoms with Crippen molar-refractivity contribution >= 4 is 23.2 Å². The van der Waals surface area contributed by atoms with Gasteiger partial charge in [-0.25, -0.2) is 4.98 Å². The van der Waals surface area contributed by atoms with E-state index in [4.69, 9.17) is 11.6 Å². The van der Waals surface area contributed by atoms with E-state index in [9.17, 15) is 4.79 Å². The van der Waals surface area contributed by atoms with Crippen molar-refractivity contribution < 1.29 is 4.79 Å². The Hall–Kier alpha value is -2.73. The highest BCUT2D eigenvalue weighted by Crippen LogP contribution is 2.18. The quantitative estimate of drug-likeness (QED) is 0.799. The number of hydrogen-bond acceptors (Lipinski definition) is 4. The highest BCUT2D eigenvalue weighted by molar-refractivity contribution is 6.34. The maximum Gasteiger partial charge on any atom is 0.275 e. The lowest BCUT2D eigenvalue weighted by atomic mass is 10.1. The van der Waals surface area contributed by atoms with Crippen LogP contribution in [-0.4, -0.2) is 25.7 Å². The van der Waals surface area contributed by atoms with Crippen LogP contribution in [0.15, 0.2) is 49.1 Å². The normalized spacial score (nSPS) is 10.5. The number of amides is 1. The summed E-state index contributed by atoms with van der Waals surface area (Å²) < 4.78 is 1.60. The summed E-state index contributed by atoms with van der Waals surface area (Å²) in [6.07, 6.45) is 3.95. The zero-order valence-electron chi connectivity index (χ0n) is 12.4. The number of carbonyl (C=O) groups is 1. The SMILES string of the molecule is CCc1ccc(NC(=O)c2nc(-n3cnnc3)ccc2Cl)cc1. The van der Waals surface area contributed by atoms with Crippen molar-refractivity contribution in [3.05, 3.63) is 65.3 Å². The fraction of sp³-hybridized carbons (Fsp3) is 0.125. The summed E-state index contributed by atoms with van der Waals surface area (Å²) in [5.41, 5.74) is 2.05. The molecule has 1 N–H and O–H groups in total. The number of carbonyl (C=O) groups excluding carboxylic acids is 1. The van der Waals surface area contributed by atoms with Gasteiger partial charge in [0.25, 0.3) is 5.91 Å². The number of aryl methyl sites for hydroxylation is 1. The molecule has 0 spiro atoms. The molecule has 116 valence electrons. The van der Waals surface area contributed by atoms with E-state index in [1.54, 1.807) is 16.7 Å². The summed E-state index contributed by atoms with van der Waals surface area (Å²) in [5, 5.41) is 10.5. The van der Waals surface area contributed by atoms with Gasteiger partial charge in [0.05, 0.1) is 5.02 Å². The van der Waals surface area contributed by atoms with Crippen LogP contribution in [0.2, 0.25) is 5.02 Å². The molecule has 0 aliphatic heterocycles. The summed E-state index contributed by atoms with van der Waals surface area (Å²) in [4.78, 5) is 16.7. The van der Waals surface area contributed by atoms with E-state index < -0.39 is 0 Å². The Labute approximate surface area is 138 Å². The fourth-order valence-corrected chi connectivity index (χ4v) is 2.26. The van der Waals surface area contributed by atoms with E-state index in [1.807, 2.05) is 24.3 Å². The number of hydrogen-bond donors (Lipinski definition) is 1. The number of benzene rings is 1. The van der Waals surface area contributed by atoms with Gasteiger partial charge in [0.1, 0.15) is 24.2 Å². The van der Waals surface area contributed by atoms with E-state index in [2.05, 4.69) is 27.4 Å². The van der Waals surface area contributed by atoms with Crippen LogP contribution < -0.4 is 5.32 Å². The van der Waals surface area contributed by atoms with Gasteiger partial charge in [-0.2, -0.15) is 0 Å². The van der Waals surface area contributed by atoms with Crippen LogP contribution in [0.3, 0.4) is 0 Å². The first-order valence-electron chi connectivity index (χ1n) is 7.09. The lowest BCUT2D eigenvalue weighted by Crippen LogP contribution is -2.15. The van der Waals surface area contributed by atoms with E-state index >= 15 is 0 Å². The molecule has 1 amide bonds. The first kappa shape index (κ1) is 15.2. The van der Waals surface area contributed by atoms with Crippen LogP contribution in [-0.2, 0) is 6.42 Å². The van der Waals surface area contributed by atoms with E-state index in [1.165, 1.54) is 18.2 Å². The van der Waals surface area contributed by atoms with Crippen molar-refractivity contribution in [2.75, 3.05) is 5.32 Å². The minimum absolute atomic E-state index is 0.150. The zero-order chi connectivity index (χ0) is 16.2. The van der Waals surface area contributed by atoms with Crippen molar-refractivity contribution in [1.82, 2.24) is 19.7 Å². The van der Waals surface area contributed by atoms with Crippen molar-refractivity contribution in [2.45, 2.75) is 13.3 Å². The molecule has 2 aromatic heterocycles. The minimum atomic E-state index is -0.367. The number of anilines is 1. The lowest BCUT2D eigenvalue weighted by Gasteiger charge is -2.08. The third-order valence-corrected chi connectivity index (χ3v) is 3.65. The van der Waals surface area contributed by atoms with Crippen LogP contribution in [0.5, 0.6) is 0 Å². The van der Waals surface area contributed by atoms with Crippen LogP contribution in [0.4, 0.5) is 5.69 Å². The number of rotatable bonds is 4. The van der Waals surface area contributed by atoms with Crippen molar-refractivity contribution in [1.29, 1.82) is 0 Å². The zero-order valence-corrected chi connectivity index (χ0v) is 13.2. The summed E-state index contributed by atoms with van der Waals surface area (Å²) >= 11 is 6.10. The smallest absolute Gasteiger partial charge is 0.275 e. The van der Waals surface area contributed by atoms with E-state index in [0.717, 1.165) is 6.42 Å². The molecule has 1 aromatic carbocycles. The number of pyridine rings is 1. The average molecular weight is 328 g/mol. The number of aromatic nitrogens is 4. The molecule has 3 aromatic rings. The van der Waals surface area contributed by atoms with Gasteiger partial charge < -0.3 is 5.32 Å². The summed E-state index contributed by atoms with van der Waals surface area (Å²) in [6, 6.07) is 11.0. The molecule has 0 aliphatic rings. The van der Waals surface area contributed by atoms with Crippen LogP contribution in [0.1, 0.15) is 23.0 Å². The summed E-state index contributed by atoms with van der Waals surface area (Å²) in [5.74, 6) is 0.153. The van der Waals surface area contributed by atoms with Gasteiger partial charge in [-0.05, 0) is 36.2 Å². The Kier molecular flexibility index (Phi) is 4.34. The van der Waals surface area contributed by atoms with Crippen molar-refractivity contribution in [3.63, 3.8) is 0 Å². The Bertz CT molecular complexity index is 815. The van der Waals surface area contributed by atoms with E-state index in [-0.39, 0.29) is 16.6 Å². The van der Waals surface area contributed by atoms with Gasteiger partial charge in [0.15, 0.2) is 0 Å². The van der Waals surface area contributed by atoms with Crippen LogP contribution >= 0.6 is 11.6 Å². The predicted octanol–water partition coefficient (Wildman–Crippen LogP) is 3.13. The lowest BCUT2D eigenvalue weighted by molar-refractivity contribution is 0.102. The molecule has 0 saturated heterocycles. The molecule has 0 radical (unpaired) electrons. The number of nitrogens with one attached hydrogen (secondary N) is 1. The van der Waals surface area contributed by atoms with Gasteiger partial charge in [-0.3, -0.25) is 9.36 Å². The molecule has 0 saturated carbocycles. The molecule has 0 atom stereocenters. The Morgan fingerprint density at radius 2 is 1.83 bits per heavy atom. The number of nitrogens with zero attached hydrogens (tertiary/aromatic N) is 4. The van der Waals surface area contributed by atoms with Gasteiger partial charge in [0.2, 0.25) is 0 Å². The first-order valence-corrected chi connectivity index (χ1v) is 7.47. The van der Waals surface area contributed by atoms with Gasteiger partial charge in [-0.15, -0.1) is 10.2 Å². The molecule has 23 heavy (non-hydrogen) atoms. The Morgan fingerprint density at radius 3 is 2.48 bits per heavy atom. The maximum atomic E-state index is 12.4. The van der Waals surface area contributed by atoms with Crippen LogP contribution in [0.25, 0.3) is 5.82 Å². The minimum Gasteiger partial charge on any atom is -0.321 e. The molecular formula is C16H14ClN5O. The molecule has 7 heteroatoms. The average Bonchev–Trinajstić information content (AvgIpc) is 3.10. The molecule has 6 nitrogen and oxygen atoms in total. The van der Waals surface area contributed by atoms with Gasteiger partial charge in [0, 0.05) is 5.69 Å². The third kappa shape index (κ3) is 3.37. The van der Waals surface area contributed by atoms with Gasteiger partial charge >= 0.3 is 0 Å². The first-order chi connectivity index (χ1) is 11.2. The highest BCUT2D eigenvalue weighted by atomic mass is 35.5. The standard InChI is InChI=1S/C16H14ClN5O/c1-2-11-3-5-12(6-4-11)20-16(23)15-13(17)7-8-14(21-15)22-9-18-19-10-22/h3-10H,2H2,1H3,(H,20,23). The molecule has 2 heterocycles. The second kappa shape index (κ2) is 6.58. The Balaban J connectivity index is 1.85. The van der Waals surface area contributed by atoms with Crippen molar-refractivity contribution in [2.24, 2.45) is 0 Å². The molecule has 3 rings (SSSR count). The largest absolute Gasteiger partial charge is 0.321 e. The number of halogens is 1. The Morgan fingerprint density at radius 1 is 1.13 bits per heavy atom. The predicted molar refractivity (Wildman–Crippen MR) is 87.9 cm³/mol. The second-order valence-corrected chi connectivity index (χ2v) is 5.28. The fourth-order valence-electron chi connectivity index (χ4n) is 2.07. The molecular weight excluding hydrogens is 314 g/mol. The monoisotopic (exact) mass is 327 g/mol. The van der Waals surface area contributed by atoms with Gasteiger partial charge in [-0.1, -0.05) is 30.7 Å². The van der Waals surface area contributed by atoms with Crippen molar-refractivity contribution in [3.8, 4) is 5.82 Å². The highest BCUT2D eigenvalue weighted by Gasteiger charge is 2.14.